The third-order valence-corrected chi connectivity index (χ3v) is 6.02. The fourth-order valence-corrected chi connectivity index (χ4v) is 5.64. The number of aromatic nitrogens is 2. The van der Waals surface area contributed by atoms with Crippen molar-refractivity contribution in [3.63, 3.8) is 0 Å². The monoisotopic (exact) mass is 317 g/mol. The Morgan fingerprint density at radius 1 is 1.22 bits per heavy atom. The Labute approximate surface area is 135 Å². The van der Waals surface area contributed by atoms with Gasteiger partial charge >= 0.3 is 5.97 Å². The first kappa shape index (κ1) is 14.7. The standard InChI is InChI=1S/C17H23N3O3/c21-15(22)9-20-14(1-2-19-20)16(23)18-10-17-6-11-3-12(7-17)5-13(4-11)8-17/h1-2,11-13H,3-10H2,(H,18,23)(H,21,22). The van der Waals surface area contributed by atoms with E-state index in [1.807, 2.05) is 0 Å². The number of amides is 1. The lowest BCUT2D eigenvalue weighted by molar-refractivity contribution is -0.137. The average molecular weight is 317 g/mol. The summed E-state index contributed by atoms with van der Waals surface area (Å²) >= 11 is 0. The highest BCUT2D eigenvalue weighted by Gasteiger charge is 2.50. The number of carbonyl (C=O) groups excluding carboxylic acids is 1. The lowest BCUT2D eigenvalue weighted by Gasteiger charge is -2.56. The maximum atomic E-state index is 12.4. The van der Waals surface area contributed by atoms with Gasteiger partial charge in [0.25, 0.3) is 5.91 Å². The van der Waals surface area contributed by atoms with Crippen LogP contribution in [-0.2, 0) is 11.3 Å². The van der Waals surface area contributed by atoms with Crippen molar-refractivity contribution >= 4 is 11.9 Å². The van der Waals surface area contributed by atoms with Crippen LogP contribution in [0.2, 0.25) is 0 Å². The van der Waals surface area contributed by atoms with Crippen molar-refractivity contribution in [2.45, 2.75) is 45.1 Å². The van der Waals surface area contributed by atoms with Crippen LogP contribution in [0.15, 0.2) is 12.3 Å². The molecule has 6 heteroatoms. The molecule has 1 heterocycles. The van der Waals surface area contributed by atoms with Crippen molar-refractivity contribution in [1.29, 1.82) is 0 Å². The van der Waals surface area contributed by atoms with E-state index < -0.39 is 5.97 Å². The molecule has 1 amide bonds. The highest BCUT2D eigenvalue weighted by atomic mass is 16.4. The van der Waals surface area contributed by atoms with Crippen LogP contribution in [0.5, 0.6) is 0 Å². The van der Waals surface area contributed by atoms with Gasteiger partial charge in [-0.15, -0.1) is 0 Å². The van der Waals surface area contributed by atoms with E-state index in [9.17, 15) is 9.59 Å². The van der Waals surface area contributed by atoms with E-state index in [-0.39, 0.29) is 17.9 Å². The van der Waals surface area contributed by atoms with Crippen LogP contribution in [0.25, 0.3) is 0 Å². The van der Waals surface area contributed by atoms with Gasteiger partial charge in [0.05, 0.1) is 0 Å². The minimum atomic E-state index is -0.996. The van der Waals surface area contributed by atoms with Gasteiger partial charge in [-0.25, -0.2) is 4.68 Å². The summed E-state index contributed by atoms with van der Waals surface area (Å²) < 4.78 is 1.25. The van der Waals surface area contributed by atoms with Crippen LogP contribution >= 0.6 is 0 Å². The van der Waals surface area contributed by atoms with Crippen LogP contribution in [-0.4, -0.2) is 33.3 Å². The third kappa shape index (κ3) is 2.75. The van der Waals surface area contributed by atoms with Crippen molar-refractivity contribution in [2.24, 2.45) is 23.2 Å². The van der Waals surface area contributed by atoms with Gasteiger partial charge < -0.3 is 10.4 Å². The Morgan fingerprint density at radius 3 is 2.39 bits per heavy atom. The Kier molecular flexibility index (Phi) is 3.43. The highest BCUT2D eigenvalue weighted by molar-refractivity contribution is 5.92. The molecule has 4 bridgehead atoms. The molecular formula is C17H23N3O3. The minimum absolute atomic E-state index is 0.209. The van der Waals surface area contributed by atoms with E-state index >= 15 is 0 Å². The summed E-state index contributed by atoms with van der Waals surface area (Å²) in [5.41, 5.74) is 0.610. The Balaban J connectivity index is 1.42. The Bertz CT molecular complexity index is 601. The minimum Gasteiger partial charge on any atom is -0.480 e. The van der Waals surface area contributed by atoms with Gasteiger partial charge in [-0.3, -0.25) is 9.59 Å². The van der Waals surface area contributed by atoms with Gasteiger partial charge in [-0.2, -0.15) is 5.10 Å². The van der Waals surface area contributed by atoms with Gasteiger partial charge in [0.2, 0.25) is 0 Å². The second-order valence-corrected chi connectivity index (χ2v) is 7.87. The zero-order valence-corrected chi connectivity index (χ0v) is 13.2. The number of carboxylic acid groups (broad SMARTS) is 1. The van der Waals surface area contributed by atoms with E-state index in [0.29, 0.717) is 12.2 Å². The number of nitrogens with one attached hydrogen (secondary N) is 1. The molecule has 4 aliphatic carbocycles. The number of rotatable bonds is 5. The van der Waals surface area contributed by atoms with Crippen LogP contribution in [0.4, 0.5) is 0 Å². The quantitative estimate of drug-likeness (QED) is 0.869. The van der Waals surface area contributed by atoms with Gasteiger partial charge in [-0.1, -0.05) is 0 Å². The van der Waals surface area contributed by atoms with E-state index in [1.54, 1.807) is 6.07 Å². The number of hydrogen-bond donors (Lipinski definition) is 2. The molecular weight excluding hydrogens is 294 g/mol. The molecule has 0 unspecified atom stereocenters. The molecule has 1 aromatic heterocycles. The second kappa shape index (κ2) is 5.35. The molecule has 0 aromatic carbocycles. The summed E-state index contributed by atoms with van der Waals surface area (Å²) in [6, 6.07) is 1.58. The fraction of sp³-hybridized carbons (Fsp3) is 0.706. The van der Waals surface area contributed by atoms with Crippen molar-refractivity contribution < 1.29 is 14.7 Å². The molecule has 0 atom stereocenters. The largest absolute Gasteiger partial charge is 0.480 e. The summed E-state index contributed by atoms with van der Waals surface area (Å²) in [5, 5.41) is 15.9. The van der Waals surface area contributed by atoms with Crippen LogP contribution < -0.4 is 5.32 Å². The zero-order chi connectivity index (χ0) is 16.0. The molecule has 124 valence electrons. The SMILES string of the molecule is O=C(O)Cn1nccc1C(=O)NCC12CC3CC(CC(C3)C1)C2. The number of nitrogens with zero attached hydrogens (tertiary/aromatic N) is 2. The van der Waals surface area contributed by atoms with E-state index in [1.165, 1.54) is 49.4 Å². The molecule has 0 saturated heterocycles. The molecule has 6 nitrogen and oxygen atoms in total. The van der Waals surface area contributed by atoms with Crippen molar-refractivity contribution in [1.82, 2.24) is 15.1 Å². The summed E-state index contributed by atoms with van der Waals surface area (Å²) in [6.45, 7) is 0.431. The molecule has 23 heavy (non-hydrogen) atoms. The van der Waals surface area contributed by atoms with Crippen molar-refractivity contribution in [3.8, 4) is 0 Å². The fourth-order valence-electron chi connectivity index (χ4n) is 5.64. The van der Waals surface area contributed by atoms with Crippen molar-refractivity contribution in [3.05, 3.63) is 18.0 Å². The molecule has 0 radical (unpaired) electrons. The smallest absolute Gasteiger partial charge is 0.325 e. The molecule has 5 rings (SSSR count). The molecule has 0 spiro atoms. The normalized spacial score (nSPS) is 34.5. The van der Waals surface area contributed by atoms with Gasteiger partial charge in [0.15, 0.2) is 0 Å². The van der Waals surface area contributed by atoms with Gasteiger partial charge in [0, 0.05) is 12.7 Å². The molecule has 4 saturated carbocycles. The third-order valence-electron chi connectivity index (χ3n) is 6.02. The molecule has 1 aromatic rings. The van der Waals surface area contributed by atoms with Crippen LogP contribution in [0.1, 0.15) is 49.0 Å². The average Bonchev–Trinajstić information content (AvgIpc) is 2.91. The lowest BCUT2D eigenvalue weighted by atomic mass is 9.49. The van der Waals surface area contributed by atoms with Gasteiger partial charge in [0.1, 0.15) is 12.2 Å². The Hall–Kier alpha value is -1.85. The van der Waals surface area contributed by atoms with E-state index in [4.69, 9.17) is 5.11 Å². The molecule has 2 N–H and O–H groups in total. The highest BCUT2D eigenvalue weighted by Crippen LogP contribution is 2.59. The number of hydrogen-bond acceptors (Lipinski definition) is 3. The second-order valence-electron chi connectivity index (χ2n) is 7.87. The molecule has 0 aliphatic heterocycles. The predicted molar refractivity (Wildman–Crippen MR) is 82.8 cm³/mol. The first-order chi connectivity index (χ1) is 11.0. The van der Waals surface area contributed by atoms with E-state index in [2.05, 4.69) is 10.4 Å². The van der Waals surface area contributed by atoms with Gasteiger partial charge in [-0.05, 0) is 67.8 Å². The number of aliphatic carboxylic acids is 1. The lowest BCUT2D eigenvalue weighted by Crippen LogP contribution is -2.51. The van der Waals surface area contributed by atoms with Crippen molar-refractivity contribution in [2.75, 3.05) is 6.54 Å². The number of carbonyl (C=O) groups is 2. The molecule has 4 fully saturated rings. The van der Waals surface area contributed by atoms with Crippen LogP contribution in [0, 0.1) is 23.2 Å². The summed E-state index contributed by atoms with van der Waals surface area (Å²) in [6.07, 6.45) is 9.37. The zero-order valence-electron chi connectivity index (χ0n) is 13.2. The first-order valence-electron chi connectivity index (χ1n) is 8.55. The van der Waals surface area contributed by atoms with Crippen LogP contribution in [0.3, 0.4) is 0 Å². The summed E-state index contributed by atoms with van der Waals surface area (Å²) in [5.74, 6) is 1.37. The first-order valence-corrected chi connectivity index (χ1v) is 8.55. The predicted octanol–water partition coefficient (Wildman–Crippen LogP) is 1.91. The van der Waals surface area contributed by atoms with E-state index in [0.717, 1.165) is 17.8 Å². The summed E-state index contributed by atoms with van der Waals surface area (Å²) in [7, 11) is 0. The maximum Gasteiger partial charge on any atom is 0.325 e. The number of carboxylic acids is 1. The maximum absolute atomic E-state index is 12.4. The molecule has 4 aliphatic rings. The topological polar surface area (TPSA) is 84.2 Å². The summed E-state index contributed by atoms with van der Waals surface area (Å²) in [4.78, 5) is 23.3. The Morgan fingerprint density at radius 2 is 1.83 bits per heavy atom.